The molecular weight excluding hydrogens is 473 g/mol. The van der Waals surface area contributed by atoms with Crippen LogP contribution in [0.5, 0.6) is 0 Å². The Bertz CT molecular complexity index is 1030. The van der Waals surface area contributed by atoms with Gasteiger partial charge in [0.2, 0.25) is 0 Å². The molecule has 0 saturated heterocycles. The Balaban J connectivity index is 1.63. The molecule has 10 heteroatoms. The maximum Gasteiger partial charge on any atom is 0.412 e. The zero-order valence-corrected chi connectivity index (χ0v) is 21.9. The van der Waals surface area contributed by atoms with Crippen LogP contribution in [0.4, 0.5) is 15.3 Å². The molecule has 1 saturated carbocycles. The van der Waals surface area contributed by atoms with Gasteiger partial charge >= 0.3 is 12.2 Å². The van der Waals surface area contributed by atoms with E-state index >= 15 is 0 Å². The first kappa shape index (κ1) is 26.1. The fourth-order valence-electron chi connectivity index (χ4n) is 3.82. The molecule has 2 amide bonds. The highest BCUT2D eigenvalue weighted by Gasteiger charge is 2.26. The van der Waals surface area contributed by atoms with Crippen molar-refractivity contribution < 1.29 is 23.6 Å². The Hall–Kier alpha value is -2.51. The standard InChI is InChI=1S/C24H32N3O5PS/c1-14(2)31-22(28)26-16-8-6-15(7-9-16)21-25-13-20(34-21)18-11-10-17(12-19(18)33-30)27-23(29)32-24(3,4)5/h10-16H,6-9H2,1-5H3,(H,26,28)(H,27,29). The van der Waals surface area contributed by atoms with Crippen molar-refractivity contribution in [2.75, 3.05) is 5.32 Å². The first-order chi connectivity index (χ1) is 16.0. The van der Waals surface area contributed by atoms with Crippen molar-refractivity contribution in [1.82, 2.24) is 10.3 Å². The summed E-state index contributed by atoms with van der Waals surface area (Å²) < 4.78 is 22.3. The van der Waals surface area contributed by atoms with Crippen molar-refractivity contribution in [3.05, 3.63) is 29.4 Å². The smallest absolute Gasteiger partial charge is 0.412 e. The van der Waals surface area contributed by atoms with Crippen molar-refractivity contribution >= 4 is 43.0 Å². The topological polar surface area (TPSA) is 107 Å². The molecule has 0 radical (unpaired) electrons. The largest absolute Gasteiger partial charge is 0.447 e. The number of nitrogens with zero attached hydrogens (tertiary/aromatic N) is 1. The monoisotopic (exact) mass is 505 g/mol. The number of anilines is 1. The van der Waals surface area contributed by atoms with Gasteiger partial charge < -0.3 is 14.8 Å². The maximum atomic E-state index is 12.0. The molecule has 1 aliphatic carbocycles. The normalized spacial score (nSPS) is 18.5. The van der Waals surface area contributed by atoms with Crippen molar-refractivity contribution in [1.29, 1.82) is 0 Å². The summed E-state index contributed by atoms with van der Waals surface area (Å²) in [6.07, 6.45) is 4.39. The Morgan fingerprint density at radius 2 is 1.85 bits per heavy atom. The van der Waals surface area contributed by atoms with E-state index in [9.17, 15) is 14.2 Å². The number of hydrogen-bond acceptors (Lipinski definition) is 7. The van der Waals surface area contributed by atoms with Crippen LogP contribution in [-0.2, 0) is 14.0 Å². The predicted octanol–water partition coefficient (Wildman–Crippen LogP) is 6.23. The molecule has 1 aliphatic rings. The molecule has 0 unspecified atom stereocenters. The lowest BCUT2D eigenvalue weighted by molar-refractivity contribution is 0.0635. The van der Waals surface area contributed by atoms with Crippen LogP contribution in [0.2, 0.25) is 0 Å². The predicted molar refractivity (Wildman–Crippen MR) is 134 cm³/mol. The van der Waals surface area contributed by atoms with Gasteiger partial charge in [-0.05, 0) is 72.4 Å². The molecule has 1 fully saturated rings. The molecule has 8 nitrogen and oxygen atoms in total. The number of nitrogens with one attached hydrogen (secondary N) is 2. The third-order valence-electron chi connectivity index (χ3n) is 5.27. The molecule has 2 N–H and O–H groups in total. The molecule has 0 aliphatic heterocycles. The van der Waals surface area contributed by atoms with Gasteiger partial charge in [0.15, 0.2) is 8.46 Å². The lowest BCUT2D eigenvalue weighted by Crippen LogP contribution is -2.38. The molecule has 2 aromatic rings. The van der Waals surface area contributed by atoms with Crippen molar-refractivity contribution in [2.45, 2.75) is 84.0 Å². The van der Waals surface area contributed by atoms with Gasteiger partial charge in [0, 0.05) is 29.4 Å². The Morgan fingerprint density at radius 3 is 2.47 bits per heavy atom. The summed E-state index contributed by atoms with van der Waals surface area (Å²) in [5.41, 5.74) is 0.736. The highest BCUT2D eigenvalue weighted by atomic mass is 32.1. The molecule has 1 heterocycles. The zero-order valence-electron chi connectivity index (χ0n) is 20.2. The molecular formula is C24H32N3O5PS. The number of aromatic nitrogens is 1. The number of carbonyl (C=O) groups excluding carboxylic acids is 2. The lowest BCUT2D eigenvalue weighted by atomic mass is 9.86. The minimum Gasteiger partial charge on any atom is -0.447 e. The number of amides is 2. The summed E-state index contributed by atoms with van der Waals surface area (Å²) in [7, 11) is -0.143. The number of ether oxygens (including phenoxy) is 2. The van der Waals surface area contributed by atoms with Crippen LogP contribution < -0.4 is 15.9 Å². The number of hydrogen-bond donors (Lipinski definition) is 2. The van der Waals surface area contributed by atoms with E-state index in [1.165, 1.54) is 0 Å². The first-order valence-electron chi connectivity index (χ1n) is 11.4. The van der Waals surface area contributed by atoms with E-state index in [2.05, 4.69) is 15.6 Å². The van der Waals surface area contributed by atoms with Crippen LogP contribution in [0.3, 0.4) is 0 Å². The van der Waals surface area contributed by atoms with E-state index in [-0.39, 0.29) is 26.7 Å². The van der Waals surface area contributed by atoms with E-state index in [0.29, 0.717) is 16.9 Å². The Morgan fingerprint density at radius 1 is 1.15 bits per heavy atom. The number of thiazole rings is 1. The van der Waals surface area contributed by atoms with Crippen molar-refractivity contribution in [3.63, 3.8) is 0 Å². The van der Waals surface area contributed by atoms with Crippen LogP contribution in [0.15, 0.2) is 24.4 Å². The lowest BCUT2D eigenvalue weighted by Gasteiger charge is -2.28. The molecule has 1 aromatic carbocycles. The molecule has 0 bridgehead atoms. The number of carbonyl (C=O) groups is 2. The molecule has 0 spiro atoms. The van der Waals surface area contributed by atoms with Gasteiger partial charge in [-0.1, -0.05) is 6.07 Å². The minimum absolute atomic E-state index is 0.123. The second kappa shape index (κ2) is 11.3. The number of rotatable bonds is 6. The summed E-state index contributed by atoms with van der Waals surface area (Å²) in [6, 6.07) is 5.41. The summed E-state index contributed by atoms with van der Waals surface area (Å²) in [5, 5.41) is 7.24. The van der Waals surface area contributed by atoms with Crippen molar-refractivity contribution in [2.24, 2.45) is 0 Å². The Kier molecular flexibility index (Phi) is 8.66. The van der Waals surface area contributed by atoms with Crippen LogP contribution in [0.1, 0.15) is 71.2 Å². The number of benzene rings is 1. The molecule has 1 aromatic heterocycles. The van der Waals surface area contributed by atoms with Gasteiger partial charge in [0.05, 0.1) is 21.3 Å². The van der Waals surface area contributed by atoms with Crippen molar-refractivity contribution in [3.8, 4) is 10.4 Å². The van der Waals surface area contributed by atoms with Gasteiger partial charge in [-0.3, -0.25) is 9.88 Å². The van der Waals surface area contributed by atoms with Crippen LogP contribution in [0, 0.1) is 0 Å². The zero-order chi connectivity index (χ0) is 24.9. The van der Waals surface area contributed by atoms with E-state index < -0.39 is 11.7 Å². The molecule has 184 valence electrons. The fraction of sp³-hybridized carbons (Fsp3) is 0.542. The molecule has 34 heavy (non-hydrogen) atoms. The third-order valence-corrected chi connectivity index (χ3v) is 7.03. The minimum atomic E-state index is -0.602. The first-order valence-corrected chi connectivity index (χ1v) is 13.1. The van der Waals surface area contributed by atoms with Gasteiger partial charge in [-0.25, -0.2) is 14.6 Å². The summed E-state index contributed by atoms with van der Waals surface area (Å²) in [6.45, 7) is 9.05. The summed E-state index contributed by atoms with van der Waals surface area (Å²) in [5.74, 6) is 0.333. The molecule has 3 rings (SSSR count). The van der Waals surface area contributed by atoms with Crippen LogP contribution >= 0.6 is 19.8 Å². The maximum absolute atomic E-state index is 12.0. The second-order valence-electron chi connectivity index (χ2n) is 9.66. The summed E-state index contributed by atoms with van der Waals surface area (Å²) >= 11 is 1.59. The highest BCUT2D eigenvalue weighted by Crippen LogP contribution is 2.38. The quantitative estimate of drug-likeness (QED) is 0.451. The highest BCUT2D eigenvalue weighted by molar-refractivity contribution is 7.34. The van der Waals surface area contributed by atoms with E-state index in [1.54, 1.807) is 44.2 Å². The molecule has 0 atom stereocenters. The van der Waals surface area contributed by atoms with Gasteiger partial charge in [0.1, 0.15) is 5.60 Å². The van der Waals surface area contributed by atoms with Gasteiger partial charge in [-0.15, -0.1) is 11.3 Å². The number of alkyl carbamates (subject to hydrolysis) is 1. The Labute approximate surface area is 206 Å². The average molecular weight is 506 g/mol. The SMILES string of the molecule is CC(C)OC(=O)NC1CCC(c2ncc(-c3ccc(NC(=O)OC(C)(C)C)cc3P=O)s2)CC1. The van der Waals surface area contributed by atoms with Crippen LogP contribution in [0.25, 0.3) is 10.4 Å². The van der Waals surface area contributed by atoms with Gasteiger partial charge in [0.25, 0.3) is 0 Å². The van der Waals surface area contributed by atoms with Crippen LogP contribution in [-0.4, -0.2) is 34.9 Å². The fourth-order valence-corrected chi connectivity index (χ4v) is 5.50. The average Bonchev–Trinajstić information content (AvgIpc) is 3.22. The van der Waals surface area contributed by atoms with E-state index in [0.717, 1.165) is 41.1 Å². The summed E-state index contributed by atoms with van der Waals surface area (Å²) in [4.78, 5) is 29.4. The van der Waals surface area contributed by atoms with E-state index in [4.69, 9.17) is 9.47 Å². The van der Waals surface area contributed by atoms with Gasteiger partial charge in [-0.2, -0.15) is 0 Å². The third kappa shape index (κ3) is 7.50. The van der Waals surface area contributed by atoms with E-state index in [1.807, 2.05) is 26.1 Å². The second-order valence-corrected chi connectivity index (χ2v) is 11.4.